The van der Waals surface area contributed by atoms with Crippen LogP contribution in [0.1, 0.15) is 36.5 Å². The van der Waals surface area contributed by atoms with Crippen LogP contribution in [0.3, 0.4) is 0 Å². The summed E-state index contributed by atoms with van der Waals surface area (Å²) >= 11 is 3.45. The zero-order valence-corrected chi connectivity index (χ0v) is 20.9. The molecule has 0 fully saturated rings. The van der Waals surface area contributed by atoms with E-state index in [1.54, 1.807) is 17.0 Å². The largest absolute Gasteiger partial charge is 0.354 e. The maximum absolute atomic E-state index is 13.6. The number of unbranched alkanes of at least 4 members (excludes halogenated alkanes) is 1. The van der Waals surface area contributed by atoms with Gasteiger partial charge in [0.15, 0.2) is 0 Å². The van der Waals surface area contributed by atoms with Crippen molar-refractivity contribution < 1.29 is 14.0 Å². The molecule has 6 heteroatoms. The topological polar surface area (TPSA) is 49.4 Å². The molecule has 34 heavy (non-hydrogen) atoms. The highest BCUT2D eigenvalue weighted by Crippen LogP contribution is 2.18. The third-order valence-electron chi connectivity index (χ3n) is 5.64. The van der Waals surface area contributed by atoms with Crippen molar-refractivity contribution in [1.82, 2.24) is 10.2 Å². The number of benzene rings is 3. The van der Waals surface area contributed by atoms with Gasteiger partial charge in [0.05, 0.1) is 6.42 Å². The molecule has 0 aliphatic rings. The molecule has 0 aliphatic carbocycles. The number of carbonyl (C=O) groups is 2. The summed E-state index contributed by atoms with van der Waals surface area (Å²) in [5, 5.41) is 3.02. The Hall–Kier alpha value is -2.99. The lowest BCUT2D eigenvalue weighted by molar-refractivity contribution is -0.140. The van der Waals surface area contributed by atoms with Gasteiger partial charge in [-0.25, -0.2) is 4.39 Å². The van der Waals surface area contributed by atoms with Crippen molar-refractivity contribution in [3.05, 3.63) is 106 Å². The van der Waals surface area contributed by atoms with Crippen molar-refractivity contribution in [2.24, 2.45) is 0 Å². The van der Waals surface area contributed by atoms with Crippen LogP contribution in [0.5, 0.6) is 0 Å². The Kier molecular flexibility index (Phi) is 9.83. The molecule has 3 aromatic carbocycles. The lowest BCUT2D eigenvalue weighted by Gasteiger charge is -2.31. The Bertz CT molecular complexity index is 1060. The lowest BCUT2D eigenvalue weighted by Crippen LogP contribution is -2.51. The maximum atomic E-state index is 13.6. The summed E-state index contributed by atoms with van der Waals surface area (Å²) in [5.41, 5.74) is 2.61. The summed E-state index contributed by atoms with van der Waals surface area (Å²) in [6.07, 6.45) is 2.34. The van der Waals surface area contributed by atoms with Crippen molar-refractivity contribution in [3.63, 3.8) is 0 Å². The Balaban J connectivity index is 1.92. The molecular weight excluding hydrogens is 495 g/mol. The van der Waals surface area contributed by atoms with E-state index in [0.717, 1.165) is 28.4 Å². The standard InChI is InChI=1S/C28H30BrFN2O2/c1-2-3-17-31-28(34)26(18-21-7-5-4-6-8-21)32(20-23-9-13-24(29)14-10-23)27(33)19-22-11-15-25(30)16-12-22/h4-16,26H,2-3,17-20H2,1H3,(H,31,34). The molecular formula is C28H30BrFN2O2. The first-order chi connectivity index (χ1) is 16.5. The summed E-state index contributed by atoms with van der Waals surface area (Å²) in [4.78, 5) is 28.6. The molecule has 1 N–H and O–H groups in total. The minimum Gasteiger partial charge on any atom is -0.354 e. The van der Waals surface area contributed by atoms with Crippen LogP contribution in [0.4, 0.5) is 4.39 Å². The second-order valence-corrected chi connectivity index (χ2v) is 9.22. The molecule has 1 unspecified atom stereocenters. The number of hydrogen-bond acceptors (Lipinski definition) is 2. The van der Waals surface area contributed by atoms with Crippen molar-refractivity contribution in [2.45, 2.75) is 45.2 Å². The fourth-order valence-corrected chi connectivity index (χ4v) is 3.99. The van der Waals surface area contributed by atoms with E-state index in [0.29, 0.717) is 25.1 Å². The van der Waals surface area contributed by atoms with Gasteiger partial charge in [-0.1, -0.05) is 83.9 Å². The molecule has 0 radical (unpaired) electrons. The van der Waals surface area contributed by atoms with Gasteiger partial charge in [0.1, 0.15) is 11.9 Å². The van der Waals surface area contributed by atoms with Crippen LogP contribution in [-0.2, 0) is 29.0 Å². The van der Waals surface area contributed by atoms with Gasteiger partial charge in [0.2, 0.25) is 11.8 Å². The van der Waals surface area contributed by atoms with E-state index < -0.39 is 6.04 Å². The zero-order valence-electron chi connectivity index (χ0n) is 19.3. The minimum atomic E-state index is -0.671. The molecule has 2 amide bonds. The van der Waals surface area contributed by atoms with Crippen molar-refractivity contribution in [2.75, 3.05) is 6.54 Å². The minimum absolute atomic E-state index is 0.0876. The predicted octanol–water partition coefficient (Wildman–Crippen LogP) is 5.69. The van der Waals surface area contributed by atoms with E-state index in [4.69, 9.17) is 0 Å². The molecule has 0 spiro atoms. The Morgan fingerprint density at radius 1 is 0.912 bits per heavy atom. The average molecular weight is 525 g/mol. The molecule has 178 valence electrons. The second kappa shape index (κ2) is 13.0. The van der Waals surface area contributed by atoms with Crippen LogP contribution in [0.25, 0.3) is 0 Å². The quantitative estimate of drug-likeness (QED) is 0.327. The van der Waals surface area contributed by atoms with Crippen molar-refractivity contribution >= 4 is 27.7 Å². The molecule has 1 atom stereocenters. The highest BCUT2D eigenvalue weighted by atomic mass is 79.9. The van der Waals surface area contributed by atoms with Gasteiger partial charge in [-0.15, -0.1) is 0 Å². The van der Waals surface area contributed by atoms with Crippen LogP contribution in [0, 0.1) is 5.82 Å². The van der Waals surface area contributed by atoms with Crippen LogP contribution < -0.4 is 5.32 Å². The van der Waals surface area contributed by atoms with Gasteiger partial charge in [-0.2, -0.15) is 0 Å². The number of carbonyl (C=O) groups excluding carboxylic acids is 2. The first-order valence-electron chi connectivity index (χ1n) is 11.6. The monoisotopic (exact) mass is 524 g/mol. The first kappa shape index (κ1) is 25.6. The smallest absolute Gasteiger partial charge is 0.243 e. The lowest BCUT2D eigenvalue weighted by atomic mass is 10.0. The second-order valence-electron chi connectivity index (χ2n) is 8.30. The predicted molar refractivity (Wildman–Crippen MR) is 137 cm³/mol. The van der Waals surface area contributed by atoms with Crippen LogP contribution >= 0.6 is 15.9 Å². The molecule has 3 rings (SSSR count). The SMILES string of the molecule is CCCCNC(=O)C(Cc1ccccc1)N(Cc1ccc(Br)cc1)C(=O)Cc1ccc(F)cc1. The fraction of sp³-hybridized carbons (Fsp3) is 0.286. The summed E-state index contributed by atoms with van der Waals surface area (Å²) in [6.45, 7) is 2.94. The first-order valence-corrected chi connectivity index (χ1v) is 12.4. The number of rotatable bonds is 11. The Morgan fingerprint density at radius 3 is 2.21 bits per heavy atom. The van der Waals surface area contributed by atoms with Crippen LogP contribution in [0.15, 0.2) is 83.3 Å². The number of nitrogens with one attached hydrogen (secondary N) is 1. The van der Waals surface area contributed by atoms with Gasteiger partial charge in [0.25, 0.3) is 0 Å². The van der Waals surface area contributed by atoms with Gasteiger partial charge in [-0.05, 0) is 47.4 Å². The van der Waals surface area contributed by atoms with E-state index in [9.17, 15) is 14.0 Å². The third-order valence-corrected chi connectivity index (χ3v) is 6.16. The molecule has 0 bridgehead atoms. The Labute approximate surface area is 209 Å². The normalized spacial score (nSPS) is 11.6. The number of hydrogen-bond donors (Lipinski definition) is 1. The molecule has 0 saturated heterocycles. The van der Waals surface area contributed by atoms with Crippen molar-refractivity contribution in [3.8, 4) is 0 Å². The van der Waals surface area contributed by atoms with E-state index in [1.165, 1.54) is 12.1 Å². The maximum Gasteiger partial charge on any atom is 0.243 e. The van der Waals surface area contributed by atoms with Gasteiger partial charge in [-0.3, -0.25) is 9.59 Å². The van der Waals surface area contributed by atoms with E-state index >= 15 is 0 Å². The number of amides is 2. The molecule has 0 aliphatic heterocycles. The highest BCUT2D eigenvalue weighted by Gasteiger charge is 2.30. The molecule has 0 saturated carbocycles. The van der Waals surface area contributed by atoms with Crippen LogP contribution in [-0.4, -0.2) is 29.3 Å². The fourth-order valence-electron chi connectivity index (χ4n) is 3.73. The Morgan fingerprint density at radius 2 is 1.56 bits per heavy atom. The summed E-state index contributed by atoms with van der Waals surface area (Å²) < 4.78 is 14.3. The highest BCUT2D eigenvalue weighted by molar-refractivity contribution is 9.10. The zero-order chi connectivity index (χ0) is 24.3. The van der Waals surface area contributed by atoms with Gasteiger partial charge in [0, 0.05) is 24.0 Å². The molecule has 0 aromatic heterocycles. The van der Waals surface area contributed by atoms with E-state index in [2.05, 4.69) is 28.2 Å². The average Bonchev–Trinajstić information content (AvgIpc) is 2.84. The van der Waals surface area contributed by atoms with E-state index in [1.807, 2.05) is 54.6 Å². The van der Waals surface area contributed by atoms with Crippen LogP contribution in [0.2, 0.25) is 0 Å². The summed E-state index contributed by atoms with van der Waals surface area (Å²) in [5.74, 6) is -0.692. The van der Waals surface area contributed by atoms with Gasteiger partial charge >= 0.3 is 0 Å². The van der Waals surface area contributed by atoms with Crippen molar-refractivity contribution in [1.29, 1.82) is 0 Å². The molecule has 3 aromatic rings. The third kappa shape index (κ3) is 7.80. The number of nitrogens with zero attached hydrogens (tertiary/aromatic N) is 1. The number of halogens is 2. The molecule has 0 heterocycles. The van der Waals surface area contributed by atoms with E-state index in [-0.39, 0.29) is 24.1 Å². The summed E-state index contributed by atoms with van der Waals surface area (Å²) in [6, 6.07) is 22.7. The summed E-state index contributed by atoms with van der Waals surface area (Å²) in [7, 11) is 0. The molecule has 4 nitrogen and oxygen atoms in total. The van der Waals surface area contributed by atoms with Gasteiger partial charge < -0.3 is 10.2 Å².